The molecular formula is C13H14BrF3N2OS. The monoisotopic (exact) mass is 382 g/mol. The molecule has 21 heavy (non-hydrogen) atoms. The Morgan fingerprint density at radius 2 is 2.24 bits per heavy atom. The highest BCUT2D eigenvalue weighted by Gasteiger charge is 2.33. The maximum absolute atomic E-state index is 12.8. The van der Waals surface area contributed by atoms with E-state index in [4.69, 9.17) is 0 Å². The standard InChI is InChI=1S/C13H14BrF3N2OS/c14-11-2-1-8(5-10(11)13(15,16)17)19-12(20)6-9-7-21-4-3-18-9/h1-2,5,9,18H,3-4,6-7H2,(H,19,20). The molecule has 0 bridgehead atoms. The number of amides is 1. The summed E-state index contributed by atoms with van der Waals surface area (Å²) < 4.78 is 38.3. The quantitative estimate of drug-likeness (QED) is 0.840. The molecule has 116 valence electrons. The number of rotatable bonds is 3. The molecule has 1 aromatic rings. The maximum Gasteiger partial charge on any atom is 0.417 e. The van der Waals surface area contributed by atoms with Crippen molar-refractivity contribution < 1.29 is 18.0 Å². The van der Waals surface area contributed by atoms with Crippen LogP contribution in [0.2, 0.25) is 0 Å². The summed E-state index contributed by atoms with van der Waals surface area (Å²) in [5.74, 6) is 1.56. The minimum atomic E-state index is -4.46. The Kier molecular flexibility index (Phi) is 5.56. The fourth-order valence-electron chi connectivity index (χ4n) is 2.01. The molecule has 0 aromatic heterocycles. The zero-order valence-corrected chi connectivity index (χ0v) is 13.4. The van der Waals surface area contributed by atoms with E-state index in [9.17, 15) is 18.0 Å². The van der Waals surface area contributed by atoms with Gasteiger partial charge in [0.05, 0.1) is 5.56 Å². The van der Waals surface area contributed by atoms with E-state index >= 15 is 0 Å². The van der Waals surface area contributed by atoms with Crippen molar-refractivity contribution in [3.8, 4) is 0 Å². The van der Waals surface area contributed by atoms with Gasteiger partial charge in [-0.3, -0.25) is 4.79 Å². The average molecular weight is 383 g/mol. The molecule has 1 aliphatic heterocycles. The molecule has 3 nitrogen and oxygen atoms in total. The van der Waals surface area contributed by atoms with Crippen LogP contribution in [0, 0.1) is 0 Å². The molecule has 0 aliphatic carbocycles. The molecular weight excluding hydrogens is 369 g/mol. The van der Waals surface area contributed by atoms with Crippen molar-refractivity contribution in [3.63, 3.8) is 0 Å². The normalized spacial score (nSPS) is 19.3. The summed E-state index contributed by atoms with van der Waals surface area (Å²) >= 11 is 4.63. The van der Waals surface area contributed by atoms with Crippen LogP contribution < -0.4 is 10.6 Å². The third-order valence-electron chi connectivity index (χ3n) is 2.99. The van der Waals surface area contributed by atoms with Gasteiger partial charge < -0.3 is 10.6 Å². The first-order valence-corrected chi connectivity index (χ1v) is 8.29. The SMILES string of the molecule is O=C(CC1CSCCN1)Nc1ccc(Br)c(C(F)(F)F)c1. The Morgan fingerprint density at radius 1 is 1.48 bits per heavy atom. The van der Waals surface area contributed by atoms with E-state index in [1.807, 2.05) is 0 Å². The molecule has 1 saturated heterocycles. The maximum atomic E-state index is 12.8. The van der Waals surface area contributed by atoms with Gasteiger partial charge in [-0.25, -0.2) is 0 Å². The van der Waals surface area contributed by atoms with Crippen LogP contribution >= 0.6 is 27.7 Å². The van der Waals surface area contributed by atoms with Gasteiger partial charge in [0.1, 0.15) is 0 Å². The molecule has 1 amide bonds. The molecule has 2 N–H and O–H groups in total. The van der Waals surface area contributed by atoms with Crippen molar-refractivity contribution in [1.29, 1.82) is 0 Å². The van der Waals surface area contributed by atoms with Gasteiger partial charge in [0.25, 0.3) is 0 Å². The van der Waals surface area contributed by atoms with Crippen LogP contribution in [-0.2, 0) is 11.0 Å². The Hall–Kier alpha value is -0.730. The van der Waals surface area contributed by atoms with E-state index in [1.165, 1.54) is 12.1 Å². The van der Waals surface area contributed by atoms with Crippen LogP contribution in [-0.4, -0.2) is 30.0 Å². The summed E-state index contributed by atoms with van der Waals surface area (Å²) in [7, 11) is 0. The summed E-state index contributed by atoms with van der Waals surface area (Å²) in [5.41, 5.74) is -0.648. The van der Waals surface area contributed by atoms with E-state index in [0.717, 1.165) is 24.1 Å². The number of nitrogens with one attached hydrogen (secondary N) is 2. The summed E-state index contributed by atoms with van der Waals surface area (Å²) in [6.45, 7) is 0.846. The van der Waals surface area contributed by atoms with Crippen molar-refractivity contribution >= 4 is 39.3 Å². The third-order valence-corrected chi connectivity index (χ3v) is 4.81. The van der Waals surface area contributed by atoms with Crippen molar-refractivity contribution in [3.05, 3.63) is 28.2 Å². The molecule has 1 unspecified atom stereocenters. The van der Waals surface area contributed by atoms with E-state index in [0.29, 0.717) is 0 Å². The molecule has 1 aromatic carbocycles. The van der Waals surface area contributed by atoms with Crippen LogP contribution in [0.1, 0.15) is 12.0 Å². The average Bonchev–Trinajstić information content (AvgIpc) is 2.41. The summed E-state index contributed by atoms with van der Waals surface area (Å²) in [4.78, 5) is 11.9. The molecule has 1 aliphatic rings. The topological polar surface area (TPSA) is 41.1 Å². The second kappa shape index (κ2) is 7.02. The van der Waals surface area contributed by atoms with Crippen molar-refractivity contribution in [2.75, 3.05) is 23.4 Å². The smallest absolute Gasteiger partial charge is 0.326 e. The van der Waals surface area contributed by atoms with Crippen molar-refractivity contribution in [2.45, 2.75) is 18.6 Å². The predicted octanol–water partition coefficient (Wildman–Crippen LogP) is 3.50. The first-order valence-electron chi connectivity index (χ1n) is 6.34. The lowest BCUT2D eigenvalue weighted by Gasteiger charge is -2.22. The molecule has 0 radical (unpaired) electrons. The van der Waals surface area contributed by atoms with Gasteiger partial charge in [0, 0.05) is 40.7 Å². The van der Waals surface area contributed by atoms with E-state index in [1.54, 1.807) is 11.8 Å². The third kappa shape index (κ3) is 4.89. The van der Waals surface area contributed by atoms with Crippen molar-refractivity contribution in [1.82, 2.24) is 5.32 Å². The van der Waals surface area contributed by atoms with Gasteiger partial charge in [0.15, 0.2) is 0 Å². The molecule has 8 heteroatoms. The lowest BCUT2D eigenvalue weighted by molar-refractivity contribution is -0.138. The lowest BCUT2D eigenvalue weighted by atomic mass is 10.1. The highest BCUT2D eigenvalue weighted by Crippen LogP contribution is 2.36. The van der Waals surface area contributed by atoms with Crippen molar-refractivity contribution in [2.24, 2.45) is 0 Å². The highest BCUT2D eigenvalue weighted by atomic mass is 79.9. The van der Waals surface area contributed by atoms with Crippen LogP contribution in [0.3, 0.4) is 0 Å². The zero-order chi connectivity index (χ0) is 15.5. The lowest BCUT2D eigenvalue weighted by Crippen LogP contribution is -2.39. The second-order valence-corrected chi connectivity index (χ2v) is 6.67. The number of halogens is 4. The summed E-state index contributed by atoms with van der Waals surface area (Å²) in [6.07, 6.45) is -4.20. The van der Waals surface area contributed by atoms with Gasteiger partial charge in [-0.05, 0) is 18.2 Å². The number of carbonyl (C=O) groups is 1. The Balaban J connectivity index is 2.00. The van der Waals surface area contributed by atoms with Crippen LogP contribution in [0.5, 0.6) is 0 Å². The fourth-order valence-corrected chi connectivity index (χ4v) is 3.43. The fraction of sp³-hybridized carbons (Fsp3) is 0.462. The summed E-state index contributed by atoms with van der Waals surface area (Å²) in [5, 5.41) is 5.73. The highest BCUT2D eigenvalue weighted by molar-refractivity contribution is 9.10. The van der Waals surface area contributed by atoms with Gasteiger partial charge in [-0.2, -0.15) is 24.9 Å². The van der Waals surface area contributed by atoms with E-state index < -0.39 is 11.7 Å². The first kappa shape index (κ1) is 16.6. The van der Waals surface area contributed by atoms with E-state index in [-0.39, 0.29) is 28.5 Å². The number of benzene rings is 1. The molecule has 2 rings (SSSR count). The van der Waals surface area contributed by atoms with Gasteiger partial charge in [-0.1, -0.05) is 15.9 Å². The van der Waals surface area contributed by atoms with Crippen LogP contribution in [0.4, 0.5) is 18.9 Å². The number of alkyl halides is 3. The minimum absolute atomic E-state index is 0.0432. The number of anilines is 1. The molecule has 1 atom stereocenters. The van der Waals surface area contributed by atoms with Crippen LogP contribution in [0.25, 0.3) is 0 Å². The zero-order valence-electron chi connectivity index (χ0n) is 11.0. The Morgan fingerprint density at radius 3 is 2.86 bits per heavy atom. The van der Waals surface area contributed by atoms with Gasteiger partial charge in [-0.15, -0.1) is 0 Å². The summed E-state index contributed by atoms with van der Waals surface area (Å²) in [6, 6.07) is 3.74. The molecule has 0 spiro atoms. The number of hydrogen-bond donors (Lipinski definition) is 2. The van der Waals surface area contributed by atoms with Gasteiger partial charge in [0.2, 0.25) is 5.91 Å². The van der Waals surface area contributed by atoms with E-state index in [2.05, 4.69) is 26.6 Å². The molecule has 1 heterocycles. The largest absolute Gasteiger partial charge is 0.417 e. The molecule has 1 fully saturated rings. The predicted molar refractivity (Wildman–Crippen MR) is 81.5 cm³/mol. The number of thioether (sulfide) groups is 1. The Labute approximate surface area is 133 Å². The first-order chi connectivity index (χ1) is 9.86. The minimum Gasteiger partial charge on any atom is -0.326 e. The number of hydrogen-bond acceptors (Lipinski definition) is 3. The molecule has 0 saturated carbocycles. The second-order valence-electron chi connectivity index (χ2n) is 4.67. The number of carbonyl (C=O) groups excluding carboxylic acids is 1. The van der Waals surface area contributed by atoms with Crippen LogP contribution in [0.15, 0.2) is 22.7 Å². The Bertz CT molecular complexity index is 519. The van der Waals surface area contributed by atoms with Gasteiger partial charge >= 0.3 is 6.18 Å².